The molecule has 0 aromatic heterocycles. The zero-order valence-corrected chi connectivity index (χ0v) is 81.8. The van der Waals surface area contributed by atoms with Crippen molar-refractivity contribution in [3.05, 3.63) is 386 Å². The van der Waals surface area contributed by atoms with Crippen LogP contribution in [0.25, 0.3) is 53.9 Å². The van der Waals surface area contributed by atoms with E-state index in [1.165, 1.54) is 42.5 Å². The third-order valence-corrected chi connectivity index (χ3v) is 28.5. The van der Waals surface area contributed by atoms with Gasteiger partial charge in [-0.25, -0.2) is 45.9 Å². The number of rotatable bonds is 21. The van der Waals surface area contributed by atoms with Crippen molar-refractivity contribution < 1.29 is 124 Å². The van der Waals surface area contributed by atoms with E-state index in [2.05, 4.69) is 21.3 Å². The summed E-state index contributed by atoms with van der Waals surface area (Å²) in [6.07, 6.45) is 8.60. The van der Waals surface area contributed by atoms with Crippen LogP contribution in [0.1, 0.15) is 167 Å². The molecule has 7 aliphatic rings. The Kier molecular flexibility index (Phi) is 30.5. The lowest BCUT2D eigenvalue weighted by Gasteiger charge is -2.30. The number of halogens is 5. The zero-order chi connectivity index (χ0) is 106. The molecule has 0 spiro atoms. The Hall–Kier alpha value is -17.1. The molecular formula is C119H106F5N5O21. The van der Waals surface area contributed by atoms with Gasteiger partial charge in [0.05, 0.1) is 54.3 Å². The van der Waals surface area contributed by atoms with Crippen molar-refractivity contribution in [2.75, 3.05) is 19.8 Å². The van der Waals surface area contributed by atoms with E-state index in [-0.39, 0.29) is 136 Å². The molecule has 0 bridgehead atoms. The Bertz CT molecular complexity index is 7760. The second-order valence-corrected chi connectivity index (χ2v) is 38.3. The number of hydrogen-bond acceptors (Lipinski definition) is 19. The molecule has 26 nitrogen and oxygen atoms in total. The molecule has 15 aromatic rings. The third-order valence-electron chi connectivity index (χ3n) is 28.5. The molecule has 2 fully saturated rings. The van der Waals surface area contributed by atoms with Gasteiger partial charge in [-0.05, 0) is 145 Å². The van der Waals surface area contributed by atoms with E-state index in [9.17, 15) is 95.4 Å². The van der Waals surface area contributed by atoms with Crippen LogP contribution in [0.2, 0.25) is 0 Å². The smallest absolute Gasteiger partial charge is 0.339 e. The molecule has 31 heteroatoms. The highest BCUT2D eigenvalue weighted by Gasteiger charge is 2.52. The number of carbonyl (C=O) groups excluding carboxylic acids is 7. The number of amides is 4. The van der Waals surface area contributed by atoms with Gasteiger partial charge in [-0.1, -0.05) is 243 Å². The first-order valence-corrected chi connectivity index (χ1v) is 49.2. The minimum absolute atomic E-state index is 0.000157. The number of aromatic carboxylic acids is 1. The number of carbonyl (C=O) groups is 10. The number of esters is 3. The highest BCUT2D eigenvalue weighted by atomic mass is 19.1. The number of fused-ring (bicyclic) bond motifs is 10. The number of hydrogen-bond donors (Lipinski definition) is 11. The van der Waals surface area contributed by atoms with Crippen LogP contribution in [-0.4, -0.2) is 150 Å². The maximum Gasteiger partial charge on any atom is 0.339 e. The Morgan fingerprint density at radius 3 is 0.747 bits per heavy atom. The summed E-state index contributed by atoms with van der Waals surface area (Å²) >= 11 is 0. The number of phenolic OH excluding ortho intramolecular Hbond substituents is 2. The molecule has 2 saturated carbocycles. The molecule has 0 atom stereocenters. The average Bonchev–Trinajstić information content (AvgIpc) is 1.73. The van der Waals surface area contributed by atoms with Crippen molar-refractivity contribution in [1.29, 1.82) is 0 Å². The molecule has 15 aromatic carbocycles. The molecule has 0 radical (unpaired) electrons. The van der Waals surface area contributed by atoms with Crippen molar-refractivity contribution in [2.45, 2.75) is 163 Å². The van der Waals surface area contributed by atoms with Gasteiger partial charge in [0.1, 0.15) is 91.1 Å². The number of carboxylic acid groups (broad SMARTS) is 3. The number of phenols is 3. The minimum Gasteiger partial charge on any atom is -0.506 e. The molecule has 22 rings (SSSR count). The highest BCUT2D eigenvalue weighted by Crippen LogP contribution is 2.44. The van der Waals surface area contributed by atoms with Crippen molar-refractivity contribution in [3.8, 4) is 28.7 Å². The Balaban J connectivity index is 0.000000125. The lowest BCUT2D eigenvalue weighted by molar-refractivity contribution is -0.151. The highest BCUT2D eigenvalue weighted by molar-refractivity contribution is 6.10. The predicted octanol–water partition coefficient (Wildman–Crippen LogP) is 19.0. The van der Waals surface area contributed by atoms with Crippen molar-refractivity contribution in [3.63, 3.8) is 0 Å². The summed E-state index contributed by atoms with van der Waals surface area (Å²) in [7, 11) is 0. The first kappa shape index (κ1) is 104. The van der Waals surface area contributed by atoms with E-state index in [4.69, 9.17) is 34.5 Å². The molecular weight excluding hydrogens is 1930 g/mol. The quantitative estimate of drug-likeness (QED) is 0.0181. The minimum atomic E-state index is -1.53. The summed E-state index contributed by atoms with van der Waals surface area (Å²) in [5, 5.41) is 73.1. The summed E-state index contributed by atoms with van der Waals surface area (Å²) < 4.78 is 100. The van der Waals surface area contributed by atoms with Gasteiger partial charge in [0, 0.05) is 118 Å². The Morgan fingerprint density at radius 2 is 0.493 bits per heavy atom. The predicted molar refractivity (Wildman–Crippen MR) is 550 cm³/mol. The lowest BCUT2D eigenvalue weighted by Crippen LogP contribution is -2.56. The lowest BCUT2D eigenvalue weighted by atomic mass is 9.94. The molecule has 768 valence electrons. The zero-order valence-electron chi connectivity index (χ0n) is 81.8. The van der Waals surface area contributed by atoms with Crippen molar-refractivity contribution in [1.82, 2.24) is 21.3 Å². The normalized spacial score (nSPS) is 15.4. The fraction of sp³-hybridized carbons (Fsp3) is 0.244. The van der Waals surface area contributed by atoms with Gasteiger partial charge in [-0.2, -0.15) is 0 Å². The molecule has 0 aliphatic heterocycles. The first-order chi connectivity index (χ1) is 72.1. The second kappa shape index (κ2) is 43.9. The topological polar surface area (TPSA) is 412 Å². The number of benzene rings is 15. The molecule has 0 saturated heterocycles. The Morgan fingerprint density at radius 1 is 0.287 bits per heavy atom. The van der Waals surface area contributed by atoms with Crippen LogP contribution >= 0.6 is 0 Å². The van der Waals surface area contributed by atoms with E-state index in [1.807, 2.05) is 121 Å². The summed E-state index contributed by atoms with van der Waals surface area (Å²) in [5.74, 6) is -11.1. The molecule has 0 heterocycles. The van der Waals surface area contributed by atoms with Crippen LogP contribution in [0.5, 0.6) is 28.7 Å². The Labute approximate surface area is 857 Å². The van der Waals surface area contributed by atoms with Gasteiger partial charge in [-0.15, -0.1) is 0 Å². The average molecular weight is 2040 g/mol. The SMILES string of the molecule is CCOC(=O)C1(N)Cc2ccccc2C1.CCOC(=O)C1(NC(=O)c2cc(F)c3ccccc3c2O)Cc2ccccc2C1.CCOC(=O)C1(NC(=O)c2cc(F)c3ccccc3c2OC2CCC2)Cc2ccccc2C1.O=C(NC1(C(=O)O)Cc2ccccc2C1)c1cc(F)c2ccccc2c1O.O=C(NC1(C(=O)O)Cc2ccccc2C1)c1cc(F)c2ccccc2c1OC1CCC1.O=C(O)c1cc(F)c2ccccc2c1O. The summed E-state index contributed by atoms with van der Waals surface area (Å²) in [6.45, 7) is 5.98. The largest absolute Gasteiger partial charge is 0.506 e. The van der Waals surface area contributed by atoms with Crippen molar-refractivity contribution >= 4 is 113 Å². The maximum absolute atomic E-state index is 15.0. The maximum atomic E-state index is 15.0. The van der Waals surface area contributed by atoms with Gasteiger partial charge in [0.25, 0.3) is 23.6 Å². The van der Waals surface area contributed by atoms with Gasteiger partial charge in [0.2, 0.25) is 0 Å². The van der Waals surface area contributed by atoms with Gasteiger partial charge in [0.15, 0.2) is 0 Å². The molecule has 150 heavy (non-hydrogen) atoms. The van der Waals surface area contributed by atoms with E-state index < -0.39 is 122 Å². The molecule has 7 aliphatic carbocycles. The van der Waals surface area contributed by atoms with E-state index in [0.717, 1.165) is 118 Å². The number of aliphatic carboxylic acids is 2. The first-order valence-electron chi connectivity index (χ1n) is 49.2. The summed E-state index contributed by atoms with van der Waals surface area (Å²) in [4.78, 5) is 125. The van der Waals surface area contributed by atoms with Crippen LogP contribution in [0.4, 0.5) is 22.0 Å². The van der Waals surface area contributed by atoms with Crippen LogP contribution in [0.3, 0.4) is 0 Å². The monoisotopic (exact) mass is 2040 g/mol. The second-order valence-electron chi connectivity index (χ2n) is 38.3. The van der Waals surface area contributed by atoms with Crippen LogP contribution in [-0.2, 0) is 102 Å². The fourth-order valence-electron chi connectivity index (χ4n) is 20.3. The third kappa shape index (κ3) is 21.3. The standard InChI is InChI=1S/C27H26FNO4.C25H22FNO4.C23H20FNO4.C21H16FNO4.C12H15NO2.C11H7FO3/c1-2-32-26(31)27(15-17-8-3-4-9-18(17)16-27)29-25(30)22-14-23(28)20-12-5-6-13-21(20)24(22)33-19-10-7-11-19;26-21-12-20(22(31-17-8-5-9-17)19-11-4-3-10-18(19)21)23(28)27-25(24(29)30)13-15-6-1-2-7-16(15)14-25;1-2-29-22(28)23(12-14-7-3-4-8-15(14)13-23)25-21(27)18-11-19(24)16-9-5-6-10-17(16)20(18)26;22-17-9-16(18(24)15-8-4-3-7-14(15)17)19(25)23-21(20(26)27)10-12-5-1-2-6-13(12)11-21;1-2-15-11(14)12(13)7-9-5-3-4-6-10(9)8-12;12-9-5-8(11(14)15)10(13)7-4-2-1-3-6(7)9/h3-6,8-9,12-14,19H,2,7,10-11,15-16H2,1H3,(H,29,30);1-4,6-7,10-12,17H,5,8-9,13-14H2,(H,27,28)(H,29,30);3-11,26H,2,12-13H2,1H3,(H,25,27);1-9,24H,10-11H2,(H,23,25)(H,26,27);3-6H,2,7-8,13H2,1H3;1-5,13H,(H,14,15). The van der Waals surface area contributed by atoms with Crippen LogP contribution in [0, 0.1) is 29.1 Å². The van der Waals surface area contributed by atoms with E-state index in [0.29, 0.717) is 65.3 Å². The van der Waals surface area contributed by atoms with E-state index in [1.54, 1.807) is 106 Å². The number of carboxylic acids is 3. The number of aromatic hydroxyl groups is 3. The van der Waals surface area contributed by atoms with Gasteiger partial charge >= 0.3 is 35.8 Å². The molecule has 4 amide bonds. The molecule has 0 unspecified atom stereocenters. The summed E-state index contributed by atoms with van der Waals surface area (Å²) in [5.41, 5.74) is 8.49. The number of nitrogens with one attached hydrogen (secondary N) is 4. The van der Waals surface area contributed by atoms with Crippen LogP contribution < -0.4 is 36.5 Å². The van der Waals surface area contributed by atoms with Gasteiger partial charge < -0.3 is 81.3 Å². The molecule has 12 N–H and O–H groups in total. The number of nitrogens with two attached hydrogens (primary N) is 1. The number of ether oxygens (including phenoxy) is 5. The van der Waals surface area contributed by atoms with E-state index >= 15 is 0 Å². The van der Waals surface area contributed by atoms with Gasteiger partial charge in [-0.3, -0.25) is 24.0 Å². The van der Waals surface area contributed by atoms with Crippen molar-refractivity contribution in [2.24, 2.45) is 5.73 Å². The summed E-state index contributed by atoms with van der Waals surface area (Å²) in [6, 6.07) is 75.7. The van der Waals surface area contributed by atoms with Crippen LogP contribution in [0.15, 0.2) is 273 Å². The fourth-order valence-corrected chi connectivity index (χ4v) is 20.3.